The van der Waals surface area contributed by atoms with Crippen LogP contribution in [0.4, 0.5) is 10.1 Å². The highest BCUT2D eigenvalue weighted by molar-refractivity contribution is 7.80. The maximum absolute atomic E-state index is 13.0. The van der Waals surface area contributed by atoms with Crippen LogP contribution in [0.1, 0.15) is 33.7 Å². The topological polar surface area (TPSA) is 93.6 Å². The lowest BCUT2D eigenvalue weighted by Crippen LogP contribution is -2.42. The lowest BCUT2D eigenvalue weighted by molar-refractivity contribution is 0.0589. The van der Waals surface area contributed by atoms with Gasteiger partial charge in [-0.15, -0.1) is 12.6 Å². The zero-order chi connectivity index (χ0) is 27.2. The molecule has 0 atom stereocenters. The molecule has 0 unspecified atom stereocenters. The van der Waals surface area contributed by atoms with Crippen molar-refractivity contribution in [1.82, 2.24) is 14.9 Å². The number of amides is 2. The zero-order valence-electron chi connectivity index (χ0n) is 20.8. The van der Waals surface area contributed by atoms with Crippen LogP contribution in [-0.4, -0.2) is 45.9 Å². The largest absolute Gasteiger partial charge is 0.490 e. The number of halogens is 1. The van der Waals surface area contributed by atoms with Gasteiger partial charge < -0.3 is 19.7 Å². The van der Waals surface area contributed by atoms with Gasteiger partial charge >= 0.3 is 0 Å². The minimum absolute atomic E-state index is 0.0388. The summed E-state index contributed by atoms with van der Waals surface area (Å²) in [6.07, 6.45) is 4.30. The first kappa shape index (κ1) is 26.2. The Labute approximate surface area is 230 Å². The molecule has 39 heavy (non-hydrogen) atoms. The molecule has 2 aromatic carbocycles. The Morgan fingerprint density at radius 1 is 0.872 bits per heavy atom. The Morgan fingerprint density at radius 2 is 1.59 bits per heavy atom. The van der Waals surface area contributed by atoms with E-state index in [-0.39, 0.29) is 29.4 Å². The van der Waals surface area contributed by atoms with E-state index in [1.54, 1.807) is 29.2 Å². The molecule has 1 N–H and O–H groups in total. The van der Waals surface area contributed by atoms with Crippen LogP contribution in [-0.2, 0) is 0 Å². The standard InChI is InChI=1S/C29H25FN4O4S/c30-20-2-5-23(6-3-20)38-27-12-4-21(18-32-27)33-28(35)19-1-11-26(31-17-19)29(36)34-15-13-24(14-16-34)37-22-7-9-25(39)10-8-22/h1-12,17-18,24,39H,13-16H2,(H,33,35). The number of hydrogen-bond acceptors (Lipinski definition) is 7. The number of likely N-dealkylation sites (tertiary alicyclic amines) is 1. The van der Waals surface area contributed by atoms with Crippen LogP contribution >= 0.6 is 12.6 Å². The van der Waals surface area contributed by atoms with E-state index in [4.69, 9.17) is 9.47 Å². The van der Waals surface area contributed by atoms with Gasteiger partial charge in [0.2, 0.25) is 5.88 Å². The van der Waals surface area contributed by atoms with Crippen LogP contribution in [0.25, 0.3) is 0 Å². The molecule has 0 saturated carbocycles. The van der Waals surface area contributed by atoms with Gasteiger partial charge in [-0.25, -0.2) is 9.37 Å². The van der Waals surface area contributed by atoms with E-state index < -0.39 is 0 Å². The minimum atomic E-state index is -0.389. The number of hydrogen-bond donors (Lipinski definition) is 2. The summed E-state index contributed by atoms with van der Waals surface area (Å²) in [7, 11) is 0. The number of nitrogens with zero attached hydrogens (tertiary/aromatic N) is 3. The Morgan fingerprint density at radius 3 is 2.23 bits per heavy atom. The molecule has 0 bridgehead atoms. The Kier molecular flexibility index (Phi) is 8.02. The van der Waals surface area contributed by atoms with E-state index in [0.717, 1.165) is 23.5 Å². The number of benzene rings is 2. The molecule has 10 heteroatoms. The molecular formula is C29H25FN4O4S. The number of piperidine rings is 1. The van der Waals surface area contributed by atoms with Crippen molar-refractivity contribution in [2.45, 2.75) is 23.8 Å². The fourth-order valence-corrected chi connectivity index (χ4v) is 4.20. The van der Waals surface area contributed by atoms with Gasteiger partial charge in [-0.3, -0.25) is 14.6 Å². The molecule has 1 fully saturated rings. The fraction of sp³-hybridized carbons (Fsp3) is 0.172. The number of nitrogens with one attached hydrogen (secondary N) is 1. The summed E-state index contributed by atoms with van der Waals surface area (Å²) in [4.78, 5) is 36.6. The molecule has 0 radical (unpaired) electrons. The molecule has 1 saturated heterocycles. The van der Waals surface area contributed by atoms with E-state index in [1.807, 2.05) is 24.3 Å². The highest BCUT2D eigenvalue weighted by Gasteiger charge is 2.25. The fourth-order valence-electron chi connectivity index (χ4n) is 4.05. The van der Waals surface area contributed by atoms with E-state index in [2.05, 4.69) is 27.9 Å². The maximum Gasteiger partial charge on any atom is 0.272 e. The molecule has 8 nitrogen and oxygen atoms in total. The van der Waals surface area contributed by atoms with E-state index in [9.17, 15) is 14.0 Å². The molecule has 198 valence electrons. The highest BCUT2D eigenvalue weighted by atomic mass is 32.1. The second-order valence-corrected chi connectivity index (χ2v) is 9.45. The van der Waals surface area contributed by atoms with Crippen molar-refractivity contribution in [1.29, 1.82) is 0 Å². The molecule has 1 aliphatic heterocycles. The van der Waals surface area contributed by atoms with Gasteiger partial charge in [0.25, 0.3) is 11.8 Å². The van der Waals surface area contributed by atoms with Crippen LogP contribution in [0.5, 0.6) is 17.4 Å². The third kappa shape index (κ3) is 6.91. The average Bonchev–Trinajstić information content (AvgIpc) is 2.96. The van der Waals surface area contributed by atoms with Gasteiger partial charge in [-0.1, -0.05) is 0 Å². The Bertz CT molecular complexity index is 1420. The lowest BCUT2D eigenvalue weighted by atomic mass is 10.1. The normalized spacial score (nSPS) is 13.5. The third-order valence-corrected chi connectivity index (χ3v) is 6.44. The monoisotopic (exact) mass is 544 g/mol. The molecule has 2 amide bonds. The van der Waals surface area contributed by atoms with Crippen molar-refractivity contribution in [3.63, 3.8) is 0 Å². The lowest BCUT2D eigenvalue weighted by Gasteiger charge is -2.32. The first-order valence-corrected chi connectivity index (χ1v) is 12.8. The summed E-state index contributed by atoms with van der Waals surface area (Å²) in [5.74, 6) is 0.603. The van der Waals surface area contributed by atoms with Gasteiger partial charge in [0.05, 0.1) is 17.4 Å². The van der Waals surface area contributed by atoms with Crippen molar-refractivity contribution in [2.75, 3.05) is 18.4 Å². The highest BCUT2D eigenvalue weighted by Crippen LogP contribution is 2.23. The van der Waals surface area contributed by atoms with Gasteiger partial charge in [0, 0.05) is 43.1 Å². The SMILES string of the molecule is O=C(Nc1ccc(Oc2ccc(F)cc2)nc1)c1ccc(C(=O)N2CCC(Oc3ccc(S)cc3)CC2)nc1. The predicted molar refractivity (Wildman–Crippen MR) is 146 cm³/mol. The molecule has 0 aliphatic carbocycles. The number of carbonyl (C=O) groups excluding carboxylic acids is 2. The summed E-state index contributed by atoms with van der Waals surface area (Å²) in [5.41, 5.74) is 1.04. The number of carbonyl (C=O) groups is 2. The summed E-state index contributed by atoms with van der Waals surface area (Å²) in [5, 5.41) is 2.74. The van der Waals surface area contributed by atoms with Crippen LogP contribution in [0.2, 0.25) is 0 Å². The molecular weight excluding hydrogens is 519 g/mol. The van der Waals surface area contributed by atoms with Gasteiger partial charge in [-0.2, -0.15) is 0 Å². The minimum Gasteiger partial charge on any atom is -0.490 e. The van der Waals surface area contributed by atoms with Crippen molar-refractivity contribution in [3.8, 4) is 17.4 Å². The molecule has 4 aromatic rings. The van der Waals surface area contributed by atoms with Gasteiger partial charge in [0.1, 0.15) is 29.1 Å². The van der Waals surface area contributed by atoms with Crippen molar-refractivity contribution in [3.05, 3.63) is 102 Å². The predicted octanol–water partition coefficient (Wildman–Crippen LogP) is 5.63. The van der Waals surface area contributed by atoms with Crippen molar-refractivity contribution < 1.29 is 23.5 Å². The van der Waals surface area contributed by atoms with Gasteiger partial charge in [0.15, 0.2) is 0 Å². The van der Waals surface area contributed by atoms with Crippen molar-refractivity contribution in [2.24, 2.45) is 0 Å². The number of ether oxygens (including phenoxy) is 2. The van der Waals surface area contributed by atoms with Crippen LogP contribution in [0, 0.1) is 5.82 Å². The van der Waals surface area contributed by atoms with Gasteiger partial charge in [-0.05, 0) is 66.7 Å². The second kappa shape index (κ2) is 12.0. The average molecular weight is 545 g/mol. The smallest absolute Gasteiger partial charge is 0.272 e. The molecule has 3 heterocycles. The summed E-state index contributed by atoms with van der Waals surface area (Å²) in [6, 6.07) is 19.5. The number of pyridine rings is 2. The molecule has 5 rings (SSSR count). The molecule has 1 aliphatic rings. The maximum atomic E-state index is 13.0. The van der Waals surface area contributed by atoms with Crippen molar-refractivity contribution >= 4 is 30.1 Å². The summed E-state index contributed by atoms with van der Waals surface area (Å²) < 4.78 is 24.6. The van der Waals surface area contributed by atoms with E-state index in [0.29, 0.717) is 36.0 Å². The summed E-state index contributed by atoms with van der Waals surface area (Å²) in [6.45, 7) is 1.12. The molecule has 0 spiro atoms. The Balaban J connectivity index is 1.11. The first-order valence-electron chi connectivity index (χ1n) is 12.3. The van der Waals surface area contributed by atoms with E-state index >= 15 is 0 Å². The number of rotatable bonds is 7. The molecule has 2 aromatic heterocycles. The quantitative estimate of drug-likeness (QED) is 0.293. The first-order chi connectivity index (χ1) is 18.9. The summed E-state index contributed by atoms with van der Waals surface area (Å²) >= 11 is 4.28. The Hall–Kier alpha value is -4.44. The zero-order valence-corrected chi connectivity index (χ0v) is 21.7. The second-order valence-electron chi connectivity index (χ2n) is 8.93. The number of aromatic nitrogens is 2. The number of thiol groups is 1. The number of anilines is 1. The van der Waals surface area contributed by atoms with Crippen LogP contribution < -0.4 is 14.8 Å². The third-order valence-electron chi connectivity index (χ3n) is 6.14. The van der Waals surface area contributed by atoms with Crippen LogP contribution in [0.15, 0.2) is 90.1 Å². The van der Waals surface area contributed by atoms with E-state index in [1.165, 1.54) is 36.7 Å². The van der Waals surface area contributed by atoms with Crippen LogP contribution in [0.3, 0.4) is 0 Å².